The third-order valence-corrected chi connectivity index (χ3v) is 6.39. The topological polar surface area (TPSA) is 66.5 Å². The van der Waals surface area contributed by atoms with Crippen LogP contribution in [-0.4, -0.2) is 50.0 Å². The van der Waals surface area contributed by atoms with Crippen molar-refractivity contribution in [3.8, 4) is 0 Å². The Hall–Kier alpha value is -0.780. The van der Waals surface area contributed by atoms with Crippen molar-refractivity contribution >= 4 is 15.9 Å². The van der Waals surface area contributed by atoms with Crippen LogP contribution in [0, 0.1) is 11.3 Å². The van der Waals surface area contributed by atoms with Crippen LogP contribution >= 0.6 is 0 Å². The molecule has 0 spiro atoms. The Labute approximate surface area is 141 Å². The van der Waals surface area contributed by atoms with E-state index in [0.29, 0.717) is 31.0 Å². The molecule has 3 atom stereocenters. The first kappa shape index (κ1) is 18.6. The molecule has 6 heteroatoms. The molecule has 1 N–H and O–H groups in total. The van der Waals surface area contributed by atoms with Crippen molar-refractivity contribution in [2.45, 2.75) is 71.4 Å². The molecule has 1 saturated heterocycles. The summed E-state index contributed by atoms with van der Waals surface area (Å²) in [7, 11) is -2.96. The SMILES string of the molecule is CC1CC2CCCCC2N1C(=O)NCC(C)(C)CCS(C)(=O)=O. The molecule has 1 heterocycles. The molecule has 2 amide bonds. The Balaban J connectivity index is 1.88. The van der Waals surface area contributed by atoms with E-state index in [1.54, 1.807) is 0 Å². The van der Waals surface area contributed by atoms with E-state index in [4.69, 9.17) is 0 Å². The molecule has 1 saturated carbocycles. The predicted octanol–water partition coefficient (Wildman–Crippen LogP) is 2.81. The Bertz CT molecular complexity index is 530. The summed E-state index contributed by atoms with van der Waals surface area (Å²) < 4.78 is 22.7. The number of fused-ring (bicyclic) bond motifs is 1. The van der Waals surface area contributed by atoms with E-state index in [1.807, 2.05) is 13.8 Å². The summed E-state index contributed by atoms with van der Waals surface area (Å²) in [4.78, 5) is 14.7. The van der Waals surface area contributed by atoms with E-state index in [1.165, 1.54) is 25.5 Å². The normalized spacial score (nSPS) is 28.5. The minimum atomic E-state index is -2.96. The van der Waals surface area contributed by atoms with E-state index in [2.05, 4.69) is 17.1 Å². The molecule has 0 bridgehead atoms. The maximum absolute atomic E-state index is 12.7. The van der Waals surface area contributed by atoms with Crippen LogP contribution in [0.1, 0.15) is 59.3 Å². The zero-order valence-corrected chi connectivity index (χ0v) is 15.8. The summed E-state index contributed by atoms with van der Waals surface area (Å²) in [6, 6.07) is 0.736. The minimum Gasteiger partial charge on any atom is -0.337 e. The largest absolute Gasteiger partial charge is 0.337 e. The summed E-state index contributed by atoms with van der Waals surface area (Å²) >= 11 is 0. The van der Waals surface area contributed by atoms with Crippen LogP contribution in [0.2, 0.25) is 0 Å². The second-order valence-electron chi connectivity index (χ2n) is 8.31. The second kappa shape index (κ2) is 6.99. The summed E-state index contributed by atoms with van der Waals surface area (Å²) in [6.45, 7) is 6.68. The highest BCUT2D eigenvalue weighted by Gasteiger charge is 2.42. The van der Waals surface area contributed by atoms with Crippen LogP contribution < -0.4 is 5.32 Å². The lowest BCUT2D eigenvalue weighted by molar-refractivity contribution is 0.152. The van der Waals surface area contributed by atoms with Crippen LogP contribution in [0.5, 0.6) is 0 Å². The fourth-order valence-corrected chi connectivity index (χ4v) is 4.94. The van der Waals surface area contributed by atoms with Gasteiger partial charge in [0.1, 0.15) is 9.84 Å². The van der Waals surface area contributed by atoms with Crippen LogP contribution in [-0.2, 0) is 9.84 Å². The number of nitrogens with zero attached hydrogens (tertiary/aromatic N) is 1. The van der Waals surface area contributed by atoms with Crippen LogP contribution in [0.4, 0.5) is 4.79 Å². The molecule has 1 aliphatic carbocycles. The number of sulfone groups is 1. The Kier molecular flexibility index (Phi) is 5.64. The molecule has 1 aliphatic heterocycles. The number of nitrogens with one attached hydrogen (secondary N) is 1. The van der Waals surface area contributed by atoms with Crippen LogP contribution in [0.15, 0.2) is 0 Å². The molecule has 3 unspecified atom stereocenters. The molecule has 0 radical (unpaired) electrons. The van der Waals surface area contributed by atoms with E-state index in [0.717, 1.165) is 12.8 Å². The van der Waals surface area contributed by atoms with Crippen molar-refractivity contribution in [3.63, 3.8) is 0 Å². The lowest BCUT2D eigenvalue weighted by atomic mass is 9.85. The first-order valence-corrected chi connectivity index (χ1v) is 10.9. The van der Waals surface area contributed by atoms with Crippen molar-refractivity contribution in [2.24, 2.45) is 11.3 Å². The molecular formula is C17H32N2O3S. The van der Waals surface area contributed by atoms with Gasteiger partial charge in [0.2, 0.25) is 0 Å². The molecule has 2 rings (SSSR count). The van der Waals surface area contributed by atoms with Gasteiger partial charge in [0.15, 0.2) is 0 Å². The van der Waals surface area contributed by atoms with Gasteiger partial charge in [-0.2, -0.15) is 0 Å². The lowest BCUT2D eigenvalue weighted by Gasteiger charge is -2.34. The number of hydrogen-bond acceptors (Lipinski definition) is 3. The number of carbonyl (C=O) groups excluding carboxylic acids is 1. The molecular weight excluding hydrogens is 312 g/mol. The highest BCUT2D eigenvalue weighted by atomic mass is 32.2. The molecule has 0 aromatic rings. The molecule has 134 valence electrons. The molecule has 2 fully saturated rings. The fraction of sp³-hybridized carbons (Fsp3) is 0.941. The Morgan fingerprint density at radius 1 is 1.26 bits per heavy atom. The summed E-state index contributed by atoms with van der Waals surface area (Å²) in [6.07, 6.45) is 7.83. The standard InChI is InChI=1S/C17H32N2O3S/c1-13-11-14-7-5-6-8-15(14)19(13)16(20)18-12-17(2,3)9-10-23(4,21)22/h13-15H,5-12H2,1-4H3,(H,18,20). The number of amides is 2. The smallest absolute Gasteiger partial charge is 0.317 e. The Morgan fingerprint density at radius 3 is 2.57 bits per heavy atom. The Morgan fingerprint density at radius 2 is 1.91 bits per heavy atom. The predicted molar refractivity (Wildman–Crippen MR) is 93.2 cm³/mol. The highest BCUT2D eigenvalue weighted by molar-refractivity contribution is 7.90. The van der Waals surface area contributed by atoms with E-state index >= 15 is 0 Å². The van der Waals surface area contributed by atoms with Crippen molar-refractivity contribution < 1.29 is 13.2 Å². The van der Waals surface area contributed by atoms with Gasteiger partial charge in [-0.05, 0) is 43.9 Å². The first-order chi connectivity index (χ1) is 10.6. The average Bonchev–Trinajstić information content (AvgIpc) is 2.78. The summed E-state index contributed by atoms with van der Waals surface area (Å²) in [5, 5.41) is 3.06. The highest BCUT2D eigenvalue weighted by Crippen LogP contribution is 2.39. The zero-order valence-electron chi connectivity index (χ0n) is 15.0. The molecule has 5 nitrogen and oxygen atoms in total. The van der Waals surface area contributed by atoms with Crippen molar-refractivity contribution in [1.29, 1.82) is 0 Å². The number of carbonyl (C=O) groups is 1. The average molecular weight is 345 g/mol. The number of rotatable bonds is 5. The van der Waals surface area contributed by atoms with Crippen molar-refractivity contribution in [1.82, 2.24) is 10.2 Å². The number of hydrogen-bond donors (Lipinski definition) is 1. The summed E-state index contributed by atoms with van der Waals surface area (Å²) in [5.74, 6) is 0.837. The van der Waals surface area contributed by atoms with Gasteiger partial charge in [0.25, 0.3) is 0 Å². The van der Waals surface area contributed by atoms with Crippen LogP contribution in [0.3, 0.4) is 0 Å². The van der Waals surface area contributed by atoms with E-state index in [9.17, 15) is 13.2 Å². The molecule has 0 aromatic heterocycles. The summed E-state index contributed by atoms with van der Waals surface area (Å²) in [5.41, 5.74) is -0.215. The van der Waals surface area contributed by atoms with E-state index in [-0.39, 0.29) is 17.2 Å². The van der Waals surface area contributed by atoms with Gasteiger partial charge in [0.05, 0.1) is 5.75 Å². The maximum Gasteiger partial charge on any atom is 0.317 e. The maximum atomic E-state index is 12.7. The number of likely N-dealkylation sites (tertiary alicyclic amines) is 1. The minimum absolute atomic E-state index is 0.0272. The fourth-order valence-electron chi connectivity index (χ4n) is 4.01. The third-order valence-electron chi connectivity index (χ3n) is 5.45. The van der Waals surface area contributed by atoms with Gasteiger partial charge in [-0.25, -0.2) is 13.2 Å². The van der Waals surface area contributed by atoms with Gasteiger partial charge in [0, 0.05) is 24.9 Å². The van der Waals surface area contributed by atoms with Gasteiger partial charge in [-0.15, -0.1) is 0 Å². The van der Waals surface area contributed by atoms with Gasteiger partial charge in [-0.3, -0.25) is 0 Å². The molecule has 2 aliphatic rings. The number of urea groups is 1. The second-order valence-corrected chi connectivity index (χ2v) is 10.6. The zero-order chi connectivity index (χ0) is 17.3. The van der Waals surface area contributed by atoms with Crippen molar-refractivity contribution in [2.75, 3.05) is 18.6 Å². The van der Waals surface area contributed by atoms with E-state index < -0.39 is 9.84 Å². The van der Waals surface area contributed by atoms with Gasteiger partial charge < -0.3 is 10.2 Å². The van der Waals surface area contributed by atoms with Crippen molar-refractivity contribution in [3.05, 3.63) is 0 Å². The van der Waals surface area contributed by atoms with Crippen LogP contribution in [0.25, 0.3) is 0 Å². The molecule has 23 heavy (non-hydrogen) atoms. The van der Waals surface area contributed by atoms with Gasteiger partial charge >= 0.3 is 6.03 Å². The first-order valence-electron chi connectivity index (χ1n) is 8.83. The van der Waals surface area contributed by atoms with Gasteiger partial charge in [-0.1, -0.05) is 26.7 Å². The monoisotopic (exact) mass is 344 g/mol. The molecule has 0 aromatic carbocycles. The lowest BCUT2D eigenvalue weighted by Crippen LogP contribution is -2.49. The quantitative estimate of drug-likeness (QED) is 0.834. The third kappa shape index (κ3) is 5.10.